The number of aliphatic hydroxyl groups is 1. The van der Waals surface area contributed by atoms with Gasteiger partial charge in [0, 0.05) is 23.0 Å². The Bertz CT molecular complexity index is 278. The van der Waals surface area contributed by atoms with Crippen LogP contribution in [0, 0.1) is 0 Å². The summed E-state index contributed by atoms with van der Waals surface area (Å²) in [5.74, 6) is 0. The maximum Gasteiger partial charge on any atom is 0.0819 e. The number of aromatic nitrogens is 1. The molecule has 1 rings (SSSR count). The first kappa shape index (κ1) is 11.5. The lowest BCUT2D eigenvalue weighted by Crippen LogP contribution is -1.98. The molecule has 0 bridgehead atoms. The standard InChI is InChI=1S/C11H16ClNO/c1-2-3-4-5-11(14)9-8-13-7-6-10(9)12/h6-8,11,14H,2-5H2,1H3. The van der Waals surface area contributed by atoms with E-state index >= 15 is 0 Å². The van der Waals surface area contributed by atoms with E-state index in [1.807, 2.05) is 0 Å². The average Bonchev–Trinajstić information content (AvgIpc) is 2.18. The van der Waals surface area contributed by atoms with Crippen LogP contribution in [0.1, 0.15) is 44.3 Å². The van der Waals surface area contributed by atoms with Crippen molar-refractivity contribution in [2.24, 2.45) is 0 Å². The Kier molecular flexibility index (Phi) is 4.91. The maximum atomic E-state index is 9.80. The van der Waals surface area contributed by atoms with Crippen molar-refractivity contribution in [2.75, 3.05) is 0 Å². The van der Waals surface area contributed by atoms with E-state index in [-0.39, 0.29) is 0 Å². The minimum Gasteiger partial charge on any atom is -0.388 e. The smallest absolute Gasteiger partial charge is 0.0819 e. The first-order chi connectivity index (χ1) is 6.75. The second kappa shape index (κ2) is 5.99. The van der Waals surface area contributed by atoms with Gasteiger partial charge in [0.2, 0.25) is 0 Å². The van der Waals surface area contributed by atoms with Gasteiger partial charge in [-0.1, -0.05) is 37.8 Å². The highest BCUT2D eigenvalue weighted by atomic mass is 35.5. The summed E-state index contributed by atoms with van der Waals surface area (Å²) < 4.78 is 0. The third-order valence-corrected chi connectivity index (χ3v) is 2.58. The summed E-state index contributed by atoms with van der Waals surface area (Å²) in [6, 6.07) is 1.71. The molecule has 0 aromatic carbocycles. The lowest BCUT2D eigenvalue weighted by Gasteiger charge is -2.11. The van der Waals surface area contributed by atoms with E-state index in [0.29, 0.717) is 5.02 Å². The number of aliphatic hydroxyl groups excluding tert-OH is 1. The van der Waals surface area contributed by atoms with Gasteiger partial charge in [0.05, 0.1) is 6.10 Å². The third kappa shape index (κ3) is 3.28. The van der Waals surface area contributed by atoms with Crippen LogP contribution in [-0.4, -0.2) is 10.1 Å². The zero-order valence-corrected chi connectivity index (χ0v) is 9.17. The Hall–Kier alpha value is -0.600. The van der Waals surface area contributed by atoms with Crippen LogP contribution in [0.15, 0.2) is 18.5 Å². The highest BCUT2D eigenvalue weighted by Crippen LogP contribution is 2.25. The van der Waals surface area contributed by atoms with Gasteiger partial charge in [-0.3, -0.25) is 4.98 Å². The zero-order chi connectivity index (χ0) is 10.4. The minimum atomic E-state index is -0.470. The molecule has 1 heterocycles. The molecule has 0 saturated heterocycles. The Morgan fingerprint density at radius 3 is 2.93 bits per heavy atom. The van der Waals surface area contributed by atoms with E-state index in [4.69, 9.17) is 11.6 Å². The number of nitrogens with zero attached hydrogens (tertiary/aromatic N) is 1. The Morgan fingerprint density at radius 2 is 2.29 bits per heavy atom. The molecule has 0 fully saturated rings. The van der Waals surface area contributed by atoms with Crippen molar-refractivity contribution in [3.05, 3.63) is 29.0 Å². The van der Waals surface area contributed by atoms with Gasteiger partial charge < -0.3 is 5.11 Å². The topological polar surface area (TPSA) is 33.1 Å². The number of pyridine rings is 1. The number of hydrogen-bond acceptors (Lipinski definition) is 2. The lowest BCUT2D eigenvalue weighted by atomic mass is 10.1. The van der Waals surface area contributed by atoms with Crippen molar-refractivity contribution < 1.29 is 5.11 Å². The van der Waals surface area contributed by atoms with Gasteiger partial charge in [0.15, 0.2) is 0 Å². The third-order valence-electron chi connectivity index (χ3n) is 2.24. The molecule has 0 saturated carbocycles. The van der Waals surface area contributed by atoms with E-state index in [2.05, 4.69) is 11.9 Å². The average molecular weight is 214 g/mol. The molecule has 1 atom stereocenters. The molecule has 0 spiro atoms. The van der Waals surface area contributed by atoms with Crippen molar-refractivity contribution in [3.63, 3.8) is 0 Å². The Labute approximate surface area is 89.9 Å². The molecular formula is C11H16ClNO. The van der Waals surface area contributed by atoms with E-state index in [1.54, 1.807) is 18.5 Å². The van der Waals surface area contributed by atoms with Gasteiger partial charge in [-0.05, 0) is 12.5 Å². The quantitative estimate of drug-likeness (QED) is 0.761. The highest BCUT2D eigenvalue weighted by Gasteiger charge is 2.10. The van der Waals surface area contributed by atoms with E-state index in [1.165, 1.54) is 0 Å². The first-order valence-corrected chi connectivity index (χ1v) is 5.41. The highest BCUT2D eigenvalue weighted by molar-refractivity contribution is 6.31. The Balaban J connectivity index is 2.51. The van der Waals surface area contributed by atoms with Gasteiger partial charge in [0.1, 0.15) is 0 Å². The van der Waals surface area contributed by atoms with E-state index in [0.717, 1.165) is 31.2 Å². The second-order valence-corrected chi connectivity index (χ2v) is 3.82. The van der Waals surface area contributed by atoms with Gasteiger partial charge in [-0.2, -0.15) is 0 Å². The molecule has 1 aromatic heterocycles. The fourth-order valence-corrected chi connectivity index (χ4v) is 1.61. The molecular weight excluding hydrogens is 198 g/mol. The molecule has 1 N–H and O–H groups in total. The molecule has 14 heavy (non-hydrogen) atoms. The Morgan fingerprint density at radius 1 is 1.50 bits per heavy atom. The van der Waals surface area contributed by atoms with Gasteiger partial charge in [-0.25, -0.2) is 0 Å². The normalized spacial score (nSPS) is 12.8. The number of hydrogen-bond donors (Lipinski definition) is 1. The SMILES string of the molecule is CCCCCC(O)c1cnccc1Cl. The molecule has 78 valence electrons. The van der Waals surface area contributed by atoms with Crippen LogP contribution in [0.3, 0.4) is 0 Å². The molecule has 0 radical (unpaired) electrons. The number of halogens is 1. The van der Waals surface area contributed by atoms with Crippen LogP contribution in [0.4, 0.5) is 0 Å². The van der Waals surface area contributed by atoms with E-state index < -0.39 is 6.10 Å². The largest absolute Gasteiger partial charge is 0.388 e. The van der Waals surface area contributed by atoms with Gasteiger partial charge >= 0.3 is 0 Å². The summed E-state index contributed by atoms with van der Waals surface area (Å²) in [4.78, 5) is 3.95. The summed E-state index contributed by atoms with van der Waals surface area (Å²) in [5.41, 5.74) is 0.741. The maximum absolute atomic E-state index is 9.80. The van der Waals surface area contributed by atoms with Crippen molar-refractivity contribution in [2.45, 2.75) is 38.7 Å². The molecule has 1 aromatic rings. The van der Waals surface area contributed by atoms with Crippen molar-refractivity contribution >= 4 is 11.6 Å². The predicted octanol–water partition coefficient (Wildman–Crippen LogP) is 3.35. The number of rotatable bonds is 5. The van der Waals surface area contributed by atoms with Crippen LogP contribution in [0.5, 0.6) is 0 Å². The second-order valence-electron chi connectivity index (χ2n) is 3.41. The number of unbranched alkanes of at least 4 members (excludes halogenated alkanes) is 2. The fourth-order valence-electron chi connectivity index (χ4n) is 1.38. The van der Waals surface area contributed by atoms with Crippen LogP contribution in [-0.2, 0) is 0 Å². The lowest BCUT2D eigenvalue weighted by molar-refractivity contribution is 0.163. The van der Waals surface area contributed by atoms with Crippen molar-refractivity contribution in [1.29, 1.82) is 0 Å². The van der Waals surface area contributed by atoms with Gasteiger partial charge in [0.25, 0.3) is 0 Å². The van der Waals surface area contributed by atoms with Crippen LogP contribution in [0.2, 0.25) is 5.02 Å². The summed E-state index contributed by atoms with van der Waals surface area (Å²) >= 11 is 5.93. The monoisotopic (exact) mass is 213 g/mol. The minimum absolute atomic E-state index is 0.470. The molecule has 0 amide bonds. The van der Waals surface area contributed by atoms with E-state index in [9.17, 15) is 5.11 Å². The molecule has 3 heteroatoms. The summed E-state index contributed by atoms with van der Waals surface area (Å²) in [6.07, 6.45) is 6.90. The van der Waals surface area contributed by atoms with Crippen LogP contribution in [0.25, 0.3) is 0 Å². The molecule has 2 nitrogen and oxygen atoms in total. The molecule has 1 unspecified atom stereocenters. The first-order valence-electron chi connectivity index (χ1n) is 5.03. The molecule has 0 aliphatic carbocycles. The van der Waals surface area contributed by atoms with Crippen molar-refractivity contribution in [1.82, 2.24) is 4.98 Å². The van der Waals surface area contributed by atoms with Crippen LogP contribution < -0.4 is 0 Å². The zero-order valence-electron chi connectivity index (χ0n) is 8.41. The van der Waals surface area contributed by atoms with Gasteiger partial charge in [-0.15, -0.1) is 0 Å². The predicted molar refractivity (Wildman–Crippen MR) is 58.3 cm³/mol. The van der Waals surface area contributed by atoms with Crippen molar-refractivity contribution in [3.8, 4) is 0 Å². The summed E-state index contributed by atoms with van der Waals surface area (Å²) in [6.45, 7) is 2.14. The molecule has 0 aliphatic heterocycles. The van der Waals surface area contributed by atoms with Crippen LogP contribution >= 0.6 is 11.6 Å². The summed E-state index contributed by atoms with van der Waals surface area (Å²) in [5, 5.41) is 10.4. The fraction of sp³-hybridized carbons (Fsp3) is 0.545. The summed E-state index contributed by atoms with van der Waals surface area (Å²) in [7, 11) is 0. The molecule has 0 aliphatic rings.